The highest BCUT2D eigenvalue weighted by molar-refractivity contribution is 5.21. The van der Waals surface area contributed by atoms with Crippen LogP contribution < -0.4 is 0 Å². The summed E-state index contributed by atoms with van der Waals surface area (Å²) in [5.41, 5.74) is 2.59. The van der Waals surface area contributed by atoms with Crippen molar-refractivity contribution in [3.63, 3.8) is 0 Å². The zero-order valence-electron chi connectivity index (χ0n) is 10.3. The maximum Gasteiger partial charge on any atom is 0.0879 e. The standard InChI is InChI=1S/C11H17N5O/c1-4-10-9(7-15(2)13-10)11(17)5-8-6-16(3)14-12-8/h6-7,11,17H,4-5H2,1-3H3. The Morgan fingerprint density at radius 3 is 2.65 bits per heavy atom. The maximum absolute atomic E-state index is 10.2. The zero-order chi connectivity index (χ0) is 12.4. The molecule has 1 unspecified atom stereocenters. The molecular formula is C11H17N5O. The van der Waals surface area contributed by atoms with Gasteiger partial charge >= 0.3 is 0 Å². The predicted molar refractivity (Wildman–Crippen MR) is 62.3 cm³/mol. The van der Waals surface area contributed by atoms with Gasteiger partial charge in [0.2, 0.25) is 0 Å². The van der Waals surface area contributed by atoms with Gasteiger partial charge in [-0.25, -0.2) is 0 Å². The van der Waals surface area contributed by atoms with Crippen LogP contribution in [-0.2, 0) is 26.9 Å². The molecule has 2 rings (SSSR count). The van der Waals surface area contributed by atoms with E-state index in [0.29, 0.717) is 6.42 Å². The molecule has 0 saturated heterocycles. The highest BCUT2D eigenvalue weighted by atomic mass is 16.3. The molecule has 6 nitrogen and oxygen atoms in total. The van der Waals surface area contributed by atoms with Crippen molar-refractivity contribution in [3.8, 4) is 0 Å². The van der Waals surface area contributed by atoms with Crippen molar-refractivity contribution < 1.29 is 5.11 Å². The van der Waals surface area contributed by atoms with Crippen molar-refractivity contribution in [2.75, 3.05) is 0 Å². The summed E-state index contributed by atoms with van der Waals surface area (Å²) in [6.45, 7) is 2.03. The topological polar surface area (TPSA) is 68.8 Å². The Hall–Kier alpha value is -1.69. The molecule has 92 valence electrons. The van der Waals surface area contributed by atoms with Gasteiger partial charge in [0.1, 0.15) is 0 Å². The van der Waals surface area contributed by atoms with Crippen LogP contribution in [0.25, 0.3) is 0 Å². The normalized spacial score (nSPS) is 12.9. The second-order valence-corrected chi connectivity index (χ2v) is 4.16. The first-order valence-corrected chi connectivity index (χ1v) is 5.65. The summed E-state index contributed by atoms with van der Waals surface area (Å²) in [6.07, 6.45) is 4.38. The molecule has 6 heteroatoms. The molecule has 0 aliphatic carbocycles. The minimum Gasteiger partial charge on any atom is -0.388 e. The quantitative estimate of drug-likeness (QED) is 0.832. The van der Waals surface area contributed by atoms with E-state index in [1.165, 1.54) is 0 Å². The Kier molecular flexibility index (Phi) is 3.23. The molecule has 2 aromatic rings. The predicted octanol–water partition coefficient (Wildman–Crippen LogP) is 0.387. The molecule has 1 N–H and O–H groups in total. The van der Waals surface area contributed by atoms with E-state index in [-0.39, 0.29) is 0 Å². The van der Waals surface area contributed by atoms with E-state index in [0.717, 1.165) is 23.4 Å². The number of aryl methyl sites for hydroxylation is 3. The number of nitrogens with zero attached hydrogens (tertiary/aromatic N) is 5. The van der Waals surface area contributed by atoms with Gasteiger partial charge in [-0.05, 0) is 6.42 Å². The molecule has 0 aliphatic heterocycles. The van der Waals surface area contributed by atoms with Crippen molar-refractivity contribution in [2.45, 2.75) is 25.9 Å². The summed E-state index contributed by atoms with van der Waals surface area (Å²) in [6, 6.07) is 0. The largest absolute Gasteiger partial charge is 0.388 e. The Morgan fingerprint density at radius 1 is 1.29 bits per heavy atom. The fourth-order valence-corrected chi connectivity index (χ4v) is 1.90. The smallest absolute Gasteiger partial charge is 0.0879 e. The van der Waals surface area contributed by atoms with E-state index in [1.807, 2.05) is 33.4 Å². The number of rotatable bonds is 4. The zero-order valence-corrected chi connectivity index (χ0v) is 10.3. The van der Waals surface area contributed by atoms with Crippen LogP contribution in [0.15, 0.2) is 12.4 Å². The summed E-state index contributed by atoms with van der Waals surface area (Å²) >= 11 is 0. The summed E-state index contributed by atoms with van der Waals surface area (Å²) in [5.74, 6) is 0. The van der Waals surface area contributed by atoms with Gasteiger partial charge in [-0.15, -0.1) is 5.10 Å². The van der Waals surface area contributed by atoms with Crippen LogP contribution in [0.1, 0.15) is 30.0 Å². The van der Waals surface area contributed by atoms with Gasteiger partial charge in [0.15, 0.2) is 0 Å². The van der Waals surface area contributed by atoms with Crippen LogP contribution in [0.3, 0.4) is 0 Å². The highest BCUT2D eigenvalue weighted by Crippen LogP contribution is 2.20. The Labute approximate surface area is 99.9 Å². The van der Waals surface area contributed by atoms with Crippen LogP contribution in [0, 0.1) is 0 Å². The number of aromatic nitrogens is 5. The Morgan fingerprint density at radius 2 is 2.06 bits per heavy atom. The summed E-state index contributed by atoms with van der Waals surface area (Å²) in [5, 5.41) is 22.3. The third kappa shape index (κ3) is 2.52. The van der Waals surface area contributed by atoms with E-state index in [9.17, 15) is 5.11 Å². The first kappa shape index (κ1) is 11.8. The second-order valence-electron chi connectivity index (χ2n) is 4.16. The monoisotopic (exact) mass is 235 g/mol. The van der Waals surface area contributed by atoms with E-state index in [1.54, 1.807) is 9.36 Å². The lowest BCUT2D eigenvalue weighted by molar-refractivity contribution is 0.176. The summed E-state index contributed by atoms with van der Waals surface area (Å²) in [7, 11) is 3.67. The average Bonchev–Trinajstić information content (AvgIpc) is 2.84. The lowest BCUT2D eigenvalue weighted by Crippen LogP contribution is -2.04. The molecular weight excluding hydrogens is 218 g/mol. The molecule has 0 spiro atoms. The van der Waals surface area contributed by atoms with Crippen molar-refractivity contribution >= 4 is 0 Å². The number of aliphatic hydroxyl groups is 1. The first-order chi connectivity index (χ1) is 8.10. The lowest BCUT2D eigenvalue weighted by atomic mass is 10.1. The maximum atomic E-state index is 10.2. The van der Waals surface area contributed by atoms with Gasteiger partial charge in [-0.3, -0.25) is 9.36 Å². The summed E-state index contributed by atoms with van der Waals surface area (Å²) in [4.78, 5) is 0. The van der Waals surface area contributed by atoms with Gasteiger partial charge in [0.25, 0.3) is 0 Å². The van der Waals surface area contributed by atoms with Gasteiger partial charge in [-0.2, -0.15) is 5.10 Å². The van der Waals surface area contributed by atoms with Crippen molar-refractivity contribution in [3.05, 3.63) is 29.3 Å². The third-order valence-corrected chi connectivity index (χ3v) is 2.68. The number of aliphatic hydroxyl groups excluding tert-OH is 1. The van der Waals surface area contributed by atoms with Crippen LogP contribution in [0.4, 0.5) is 0 Å². The molecule has 17 heavy (non-hydrogen) atoms. The van der Waals surface area contributed by atoms with Crippen LogP contribution in [0.5, 0.6) is 0 Å². The Balaban J connectivity index is 2.16. The first-order valence-electron chi connectivity index (χ1n) is 5.65. The molecule has 0 fully saturated rings. The van der Waals surface area contributed by atoms with Gasteiger partial charge in [0, 0.05) is 38.5 Å². The van der Waals surface area contributed by atoms with Crippen molar-refractivity contribution in [2.24, 2.45) is 14.1 Å². The van der Waals surface area contributed by atoms with Gasteiger partial charge in [-0.1, -0.05) is 12.1 Å². The van der Waals surface area contributed by atoms with Crippen molar-refractivity contribution in [1.29, 1.82) is 0 Å². The molecule has 1 atom stereocenters. The minimum atomic E-state index is -0.574. The highest BCUT2D eigenvalue weighted by Gasteiger charge is 2.16. The van der Waals surface area contributed by atoms with Crippen LogP contribution >= 0.6 is 0 Å². The van der Waals surface area contributed by atoms with Gasteiger partial charge < -0.3 is 5.11 Å². The number of hydrogen-bond acceptors (Lipinski definition) is 4. The molecule has 0 amide bonds. The van der Waals surface area contributed by atoms with E-state index >= 15 is 0 Å². The lowest BCUT2D eigenvalue weighted by Gasteiger charge is -2.07. The van der Waals surface area contributed by atoms with Crippen molar-refractivity contribution in [1.82, 2.24) is 24.8 Å². The molecule has 2 aromatic heterocycles. The fraction of sp³-hybridized carbons (Fsp3) is 0.545. The van der Waals surface area contributed by atoms with Crippen LogP contribution in [-0.4, -0.2) is 29.9 Å². The van der Waals surface area contributed by atoms with Crippen LogP contribution in [0.2, 0.25) is 0 Å². The second kappa shape index (κ2) is 4.67. The number of hydrogen-bond donors (Lipinski definition) is 1. The van der Waals surface area contributed by atoms with E-state index in [2.05, 4.69) is 15.4 Å². The molecule has 2 heterocycles. The minimum absolute atomic E-state index is 0.465. The molecule has 0 radical (unpaired) electrons. The van der Waals surface area contributed by atoms with E-state index in [4.69, 9.17) is 0 Å². The molecule has 0 saturated carbocycles. The Bertz CT molecular complexity index is 502. The SMILES string of the molecule is CCc1nn(C)cc1C(O)Cc1cn(C)nn1. The average molecular weight is 235 g/mol. The van der Waals surface area contributed by atoms with Gasteiger partial charge in [0.05, 0.1) is 17.5 Å². The molecule has 0 aromatic carbocycles. The third-order valence-electron chi connectivity index (χ3n) is 2.68. The molecule has 0 bridgehead atoms. The fourth-order valence-electron chi connectivity index (χ4n) is 1.90. The summed E-state index contributed by atoms with van der Waals surface area (Å²) < 4.78 is 3.36. The molecule has 0 aliphatic rings. The van der Waals surface area contributed by atoms with E-state index < -0.39 is 6.10 Å².